The van der Waals surface area contributed by atoms with Crippen molar-refractivity contribution in [2.45, 2.75) is 11.8 Å². The minimum Gasteiger partial charge on any atom is -0.491 e. The lowest BCUT2D eigenvalue weighted by molar-refractivity contribution is 0.323. The molecule has 0 aliphatic rings. The lowest BCUT2D eigenvalue weighted by atomic mass is 10.1. The van der Waals surface area contributed by atoms with Crippen LogP contribution in [0.25, 0.3) is 44.2 Å². The molecule has 0 amide bonds. The highest BCUT2D eigenvalue weighted by molar-refractivity contribution is 7.90. The van der Waals surface area contributed by atoms with Crippen molar-refractivity contribution in [3.05, 3.63) is 89.3 Å². The predicted octanol–water partition coefficient (Wildman–Crippen LogP) is 5.07. The molecule has 6 rings (SSSR count). The lowest BCUT2D eigenvalue weighted by Gasteiger charge is -2.08. The van der Waals surface area contributed by atoms with Crippen LogP contribution in [-0.4, -0.2) is 29.0 Å². The SMILES string of the molecule is CCOc1ccc2oc(=O)c3cc(-c4ccnc5c4ccn5S(=O)(=O)c4ccccc4)[nH]c3c2c1F. The lowest BCUT2D eigenvalue weighted by Crippen LogP contribution is -2.12. The molecule has 0 radical (unpaired) electrons. The van der Waals surface area contributed by atoms with E-state index < -0.39 is 21.5 Å². The van der Waals surface area contributed by atoms with E-state index in [0.717, 1.165) is 3.97 Å². The summed E-state index contributed by atoms with van der Waals surface area (Å²) in [5.41, 5.74) is 1.01. The first-order chi connectivity index (χ1) is 17.4. The molecule has 36 heavy (non-hydrogen) atoms. The van der Waals surface area contributed by atoms with Crippen LogP contribution in [0.3, 0.4) is 0 Å². The van der Waals surface area contributed by atoms with Gasteiger partial charge in [0.2, 0.25) is 0 Å². The van der Waals surface area contributed by atoms with Gasteiger partial charge in [0.15, 0.2) is 17.2 Å². The largest absolute Gasteiger partial charge is 0.491 e. The monoisotopic (exact) mass is 503 g/mol. The Labute approximate surface area is 203 Å². The zero-order chi connectivity index (χ0) is 25.0. The molecule has 0 aliphatic heterocycles. The summed E-state index contributed by atoms with van der Waals surface area (Å²) in [5.74, 6) is -0.595. The van der Waals surface area contributed by atoms with Crippen molar-refractivity contribution >= 4 is 42.9 Å². The van der Waals surface area contributed by atoms with Gasteiger partial charge in [-0.15, -0.1) is 0 Å². The third-order valence-corrected chi connectivity index (χ3v) is 7.68. The van der Waals surface area contributed by atoms with Crippen LogP contribution < -0.4 is 10.4 Å². The van der Waals surface area contributed by atoms with E-state index >= 15 is 4.39 Å². The second-order valence-corrected chi connectivity index (χ2v) is 9.89. The molecule has 2 aromatic carbocycles. The third kappa shape index (κ3) is 3.22. The Kier molecular flexibility index (Phi) is 4.94. The molecule has 0 fully saturated rings. The number of pyridine rings is 1. The summed E-state index contributed by atoms with van der Waals surface area (Å²) >= 11 is 0. The number of nitrogens with zero attached hydrogens (tertiary/aromatic N) is 2. The van der Waals surface area contributed by atoms with Crippen molar-refractivity contribution in [2.75, 3.05) is 6.61 Å². The van der Waals surface area contributed by atoms with Crippen molar-refractivity contribution < 1.29 is 22.0 Å². The van der Waals surface area contributed by atoms with Gasteiger partial charge in [-0.25, -0.2) is 26.6 Å². The molecule has 0 saturated carbocycles. The molecule has 1 N–H and O–H groups in total. The average Bonchev–Trinajstić information content (AvgIpc) is 3.52. The Morgan fingerprint density at radius 2 is 1.89 bits per heavy atom. The van der Waals surface area contributed by atoms with Crippen molar-refractivity contribution in [3.63, 3.8) is 0 Å². The number of aromatic amines is 1. The van der Waals surface area contributed by atoms with Crippen LogP contribution in [0.4, 0.5) is 4.39 Å². The Balaban J connectivity index is 1.58. The Hall–Kier alpha value is -4.44. The molecule has 0 atom stereocenters. The zero-order valence-electron chi connectivity index (χ0n) is 18.9. The fraction of sp³-hybridized carbons (Fsp3) is 0.0769. The average molecular weight is 504 g/mol. The van der Waals surface area contributed by atoms with E-state index in [1.165, 1.54) is 36.7 Å². The molecular weight excluding hydrogens is 485 g/mol. The highest BCUT2D eigenvalue weighted by atomic mass is 32.2. The van der Waals surface area contributed by atoms with E-state index in [0.29, 0.717) is 16.6 Å². The minimum absolute atomic E-state index is 0.0470. The quantitative estimate of drug-likeness (QED) is 0.329. The molecule has 6 aromatic rings. The zero-order valence-corrected chi connectivity index (χ0v) is 19.7. The maximum absolute atomic E-state index is 15.3. The smallest absolute Gasteiger partial charge is 0.345 e. The summed E-state index contributed by atoms with van der Waals surface area (Å²) in [4.78, 5) is 20.2. The number of rotatable bonds is 5. The minimum atomic E-state index is -3.88. The first kappa shape index (κ1) is 22.1. The number of ether oxygens (including phenoxy) is 1. The number of hydrogen-bond acceptors (Lipinski definition) is 6. The summed E-state index contributed by atoms with van der Waals surface area (Å²) in [6.45, 7) is 2.02. The number of aromatic nitrogens is 3. The number of fused-ring (bicyclic) bond motifs is 4. The van der Waals surface area contributed by atoms with Crippen LogP contribution in [0.1, 0.15) is 6.92 Å². The van der Waals surface area contributed by atoms with Crippen molar-refractivity contribution in [3.8, 4) is 17.0 Å². The van der Waals surface area contributed by atoms with Gasteiger partial charge in [-0.1, -0.05) is 18.2 Å². The fourth-order valence-electron chi connectivity index (χ4n) is 4.39. The molecule has 0 saturated heterocycles. The molecule has 10 heteroatoms. The Morgan fingerprint density at radius 1 is 1.08 bits per heavy atom. The summed E-state index contributed by atoms with van der Waals surface area (Å²) in [5, 5.41) is 0.787. The molecule has 4 heterocycles. The van der Waals surface area contributed by atoms with Crippen LogP contribution in [0.2, 0.25) is 0 Å². The first-order valence-corrected chi connectivity index (χ1v) is 12.5. The van der Waals surface area contributed by atoms with Gasteiger partial charge in [-0.05, 0) is 49.4 Å². The second-order valence-electron chi connectivity index (χ2n) is 8.07. The molecular formula is C26H18FN3O5S. The summed E-state index contributed by atoms with van der Waals surface area (Å²) < 4.78 is 53.6. The van der Waals surface area contributed by atoms with Crippen LogP contribution in [0, 0.1) is 5.82 Å². The molecule has 4 aromatic heterocycles. The van der Waals surface area contributed by atoms with Gasteiger partial charge in [0.1, 0.15) is 5.58 Å². The normalized spacial score (nSPS) is 12.1. The number of hydrogen-bond donors (Lipinski definition) is 1. The summed E-state index contributed by atoms with van der Waals surface area (Å²) in [7, 11) is -3.88. The fourth-order valence-corrected chi connectivity index (χ4v) is 5.71. The molecule has 8 nitrogen and oxygen atoms in total. The molecule has 0 bridgehead atoms. The first-order valence-electron chi connectivity index (χ1n) is 11.1. The van der Waals surface area contributed by atoms with E-state index in [1.807, 2.05) is 0 Å². The number of H-pyrrole nitrogens is 1. The predicted molar refractivity (Wildman–Crippen MR) is 133 cm³/mol. The summed E-state index contributed by atoms with van der Waals surface area (Å²) in [6, 6.07) is 15.9. The second kappa shape index (κ2) is 8.06. The van der Waals surface area contributed by atoms with Gasteiger partial charge >= 0.3 is 5.63 Å². The van der Waals surface area contributed by atoms with E-state index in [1.54, 1.807) is 43.3 Å². The standard InChI is InChI=1S/C26H18FN3O5S/c1-2-34-21-9-8-20-22(23(21)27)24-18(26(31)35-20)14-19(29-24)16-10-12-28-25-17(16)11-13-30(25)36(32,33)15-6-4-3-5-7-15/h3-14,29H,2H2,1H3. The highest BCUT2D eigenvalue weighted by Gasteiger charge is 2.22. The van der Waals surface area contributed by atoms with E-state index in [-0.39, 0.29) is 44.8 Å². The van der Waals surface area contributed by atoms with Crippen LogP contribution >= 0.6 is 0 Å². The third-order valence-electron chi connectivity index (χ3n) is 6.00. The van der Waals surface area contributed by atoms with Crippen molar-refractivity contribution in [1.29, 1.82) is 0 Å². The van der Waals surface area contributed by atoms with Gasteiger partial charge in [-0.3, -0.25) is 0 Å². The van der Waals surface area contributed by atoms with Gasteiger partial charge in [-0.2, -0.15) is 0 Å². The molecule has 0 spiro atoms. The van der Waals surface area contributed by atoms with Crippen LogP contribution in [0.5, 0.6) is 5.75 Å². The van der Waals surface area contributed by atoms with Crippen LogP contribution in [-0.2, 0) is 10.0 Å². The van der Waals surface area contributed by atoms with Crippen molar-refractivity contribution in [2.24, 2.45) is 0 Å². The topological polar surface area (TPSA) is 107 Å². The van der Waals surface area contributed by atoms with Gasteiger partial charge < -0.3 is 14.1 Å². The number of halogens is 1. The molecule has 180 valence electrons. The maximum Gasteiger partial charge on any atom is 0.345 e. The van der Waals surface area contributed by atoms with Gasteiger partial charge in [0.25, 0.3) is 10.0 Å². The van der Waals surface area contributed by atoms with Crippen molar-refractivity contribution in [1.82, 2.24) is 13.9 Å². The molecule has 0 unspecified atom stereocenters. The number of nitrogens with one attached hydrogen (secondary N) is 1. The summed E-state index contributed by atoms with van der Waals surface area (Å²) in [6.07, 6.45) is 2.92. The Morgan fingerprint density at radius 3 is 2.67 bits per heavy atom. The highest BCUT2D eigenvalue weighted by Crippen LogP contribution is 2.35. The maximum atomic E-state index is 15.3. The van der Waals surface area contributed by atoms with Gasteiger partial charge in [0.05, 0.1) is 27.8 Å². The van der Waals surface area contributed by atoms with E-state index in [2.05, 4.69) is 9.97 Å². The van der Waals surface area contributed by atoms with E-state index in [9.17, 15) is 13.2 Å². The van der Waals surface area contributed by atoms with Crippen LogP contribution in [0.15, 0.2) is 87.2 Å². The van der Waals surface area contributed by atoms with E-state index in [4.69, 9.17) is 9.15 Å². The number of benzene rings is 2. The Bertz CT molecular complexity index is 1960. The molecule has 0 aliphatic carbocycles. The van der Waals surface area contributed by atoms with Gasteiger partial charge in [0, 0.05) is 29.0 Å².